The smallest absolute Gasteiger partial charge is 0.416 e. The third-order valence-corrected chi connectivity index (χ3v) is 4.20. The van der Waals surface area contributed by atoms with Gasteiger partial charge < -0.3 is 16.2 Å². The molecule has 0 amide bonds. The Labute approximate surface area is 155 Å². The van der Waals surface area contributed by atoms with Crippen molar-refractivity contribution in [3.8, 4) is 0 Å². The van der Waals surface area contributed by atoms with Crippen molar-refractivity contribution in [3.63, 3.8) is 0 Å². The van der Waals surface area contributed by atoms with Gasteiger partial charge in [-0.2, -0.15) is 13.2 Å². The van der Waals surface area contributed by atoms with Crippen molar-refractivity contribution < 1.29 is 22.7 Å². The van der Waals surface area contributed by atoms with Gasteiger partial charge in [0.05, 0.1) is 23.4 Å². The van der Waals surface area contributed by atoms with Crippen LogP contribution in [0.1, 0.15) is 43.7 Å². The van der Waals surface area contributed by atoms with Crippen LogP contribution in [0.5, 0.6) is 0 Å². The molecule has 0 fully saturated rings. The Balaban J connectivity index is 2.80. The zero-order chi connectivity index (χ0) is 20.2. The summed E-state index contributed by atoms with van der Waals surface area (Å²) < 4.78 is 45.9. The molecule has 2 rings (SSSR count). The molecule has 1 aromatic rings. The van der Waals surface area contributed by atoms with Gasteiger partial charge in [-0.05, 0) is 25.0 Å². The van der Waals surface area contributed by atoms with Crippen LogP contribution in [0.15, 0.2) is 52.3 Å². The third-order valence-electron chi connectivity index (χ3n) is 4.20. The fraction of sp³-hybridized carbons (Fsp3) is 0.368. The summed E-state index contributed by atoms with van der Waals surface area (Å²) >= 11 is 0. The first kappa shape index (κ1) is 20.5. The highest BCUT2D eigenvalue weighted by Crippen LogP contribution is 2.44. The van der Waals surface area contributed by atoms with E-state index in [1.165, 1.54) is 18.2 Å². The molecule has 0 spiro atoms. The third kappa shape index (κ3) is 4.15. The molecule has 1 aliphatic heterocycles. The topological polar surface area (TPSA) is 90.7 Å². The molecule has 1 aliphatic rings. The first-order valence-electron chi connectivity index (χ1n) is 8.58. The first-order valence-corrected chi connectivity index (χ1v) is 8.58. The molecule has 1 unspecified atom stereocenters. The molecule has 1 heterocycles. The van der Waals surface area contributed by atoms with Gasteiger partial charge in [0.1, 0.15) is 5.84 Å². The van der Waals surface area contributed by atoms with Crippen molar-refractivity contribution >= 4 is 11.8 Å². The minimum absolute atomic E-state index is 0.00373. The number of esters is 1. The Morgan fingerprint density at radius 2 is 1.96 bits per heavy atom. The zero-order valence-electron chi connectivity index (χ0n) is 15.1. The number of carbonyl (C=O) groups excluding carboxylic acids is 1. The summed E-state index contributed by atoms with van der Waals surface area (Å²) in [4.78, 5) is 16.9. The summed E-state index contributed by atoms with van der Waals surface area (Å²) in [5.74, 6) is -1.83. The summed E-state index contributed by atoms with van der Waals surface area (Å²) in [7, 11) is 0. The first-order chi connectivity index (χ1) is 12.8. The van der Waals surface area contributed by atoms with Gasteiger partial charge in [0.15, 0.2) is 0 Å². The number of carbonyl (C=O) groups is 1. The lowest BCUT2D eigenvalue weighted by Gasteiger charge is -2.29. The van der Waals surface area contributed by atoms with Crippen LogP contribution in [-0.4, -0.2) is 18.4 Å². The van der Waals surface area contributed by atoms with Crippen LogP contribution in [0.2, 0.25) is 0 Å². The summed E-state index contributed by atoms with van der Waals surface area (Å²) in [6.07, 6.45) is -2.51. The largest absolute Gasteiger partial charge is 0.463 e. The van der Waals surface area contributed by atoms with Gasteiger partial charge >= 0.3 is 12.1 Å². The molecule has 146 valence electrons. The van der Waals surface area contributed by atoms with Crippen LogP contribution in [0.3, 0.4) is 0 Å². The van der Waals surface area contributed by atoms with Crippen LogP contribution < -0.4 is 11.5 Å². The average Bonchev–Trinajstić information content (AvgIpc) is 2.61. The standard InChI is InChI=1S/C19H22F3N3O2/c1-3-7-14-16(18(26)27-4-2)15(12(10-23)17(24)25-14)11-8-5-6-9-13(11)19(20,21)22/h5-6,8-10,15H,3-4,7,23H2,1-2H3,(H2,24,25)/b12-10-. The van der Waals surface area contributed by atoms with Gasteiger partial charge in [0, 0.05) is 17.7 Å². The van der Waals surface area contributed by atoms with E-state index in [2.05, 4.69) is 4.99 Å². The van der Waals surface area contributed by atoms with Gasteiger partial charge in [-0.3, -0.25) is 0 Å². The molecule has 0 radical (unpaired) electrons. The highest BCUT2D eigenvalue weighted by molar-refractivity contribution is 6.05. The molecule has 1 atom stereocenters. The molecule has 4 N–H and O–H groups in total. The van der Waals surface area contributed by atoms with Crippen molar-refractivity contribution in [2.45, 2.75) is 38.8 Å². The maximum Gasteiger partial charge on any atom is 0.416 e. The lowest BCUT2D eigenvalue weighted by molar-refractivity contribution is -0.140. The van der Waals surface area contributed by atoms with Gasteiger partial charge in [0.2, 0.25) is 0 Å². The molecule has 1 aromatic carbocycles. The number of hydrogen-bond donors (Lipinski definition) is 2. The Bertz CT molecular complexity index is 811. The zero-order valence-corrected chi connectivity index (χ0v) is 15.1. The number of aliphatic imine (C=N–C) groups is 1. The number of allylic oxidation sites excluding steroid dienone is 1. The molecule has 8 heteroatoms. The lowest BCUT2D eigenvalue weighted by atomic mass is 9.79. The van der Waals surface area contributed by atoms with Crippen LogP contribution in [0.25, 0.3) is 0 Å². The number of nitrogens with two attached hydrogens (primary N) is 2. The summed E-state index contributed by atoms with van der Waals surface area (Å²) in [6, 6.07) is 5.05. The maximum absolute atomic E-state index is 13.6. The summed E-state index contributed by atoms with van der Waals surface area (Å²) in [5, 5.41) is 0. The van der Waals surface area contributed by atoms with Gasteiger partial charge in [-0.15, -0.1) is 0 Å². The number of alkyl halides is 3. The number of benzene rings is 1. The molecular formula is C19H22F3N3O2. The SMILES string of the molecule is CCCC1=C(C(=O)OCC)C(c2ccccc2C(F)(F)F)/C(=C/N)C(N)=N1. The van der Waals surface area contributed by atoms with Gasteiger partial charge in [-0.1, -0.05) is 31.5 Å². The maximum atomic E-state index is 13.6. The molecule has 0 saturated heterocycles. The van der Waals surface area contributed by atoms with Gasteiger partial charge in [0.25, 0.3) is 0 Å². The fourth-order valence-electron chi connectivity index (χ4n) is 3.12. The van der Waals surface area contributed by atoms with Crippen LogP contribution in [0, 0.1) is 0 Å². The Kier molecular flexibility index (Phi) is 6.30. The van der Waals surface area contributed by atoms with Crippen LogP contribution in [0.4, 0.5) is 13.2 Å². The second kappa shape index (κ2) is 8.28. The average molecular weight is 381 g/mol. The number of ether oxygens (including phenoxy) is 1. The second-order valence-corrected chi connectivity index (χ2v) is 5.97. The predicted octanol–water partition coefficient (Wildman–Crippen LogP) is 3.62. The van der Waals surface area contributed by atoms with Gasteiger partial charge in [-0.25, -0.2) is 9.79 Å². The van der Waals surface area contributed by atoms with Crippen molar-refractivity contribution in [1.82, 2.24) is 0 Å². The normalized spacial score (nSPS) is 19.2. The fourth-order valence-corrected chi connectivity index (χ4v) is 3.12. The van der Waals surface area contributed by atoms with Crippen molar-refractivity contribution in [1.29, 1.82) is 0 Å². The van der Waals surface area contributed by atoms with E-state index in [4.69, 9.17) is 16.2 Å². The highest BCUT2D eigenvalue weighted by Gasteiger charge is 2.41. The van der Waals surface area contributed by atoms with Crippen molar-refractivity contribution in [2.24, 2.45) is 16.5 Å². The summed E-state index contributed by atoms with van der Waals surface area (Å²) in [5.41, 5.74) is 11.2. The van der Waals surface area contributed by atoms with E-state index in [1.54, 1.807) is 6.92 Å². The molecule has 0 bridgehead atoms. The number of rotatable bonds is 5. The summed E-state index contributed by atoms with van der Waals surface area (Å²) in [6.45, 7) is 3.57. The molecule has 0 aromatic heterocycles. The number of amidine groups is 1. The molecule has 0 aliphatic carbocycles. The van der Waals surface area contributed by atoms with E-state index in [0.717, 1.165) is 12.3 Å². The molecule has 0 saturated carbocycles. The number of nitrogens with zero attached hydrogens (tertiary/aromatic N) is 1. The van der Waals surface area contributed by atoms with Crippen LogP contribution >= 0.6 is 0 Å². The molecular weight excluding hydrogens is 359 g/mol. The Morgan fingerprint density at radius 3 is 2.52 bits per heavy atom. The Morgan fingerprint density at radius 1 is 1.30 bits per heavy atom. The quantitative estimate of drug-likeness (QED) is 0.762. The van der Waals surface area contributed by atoms with E-state index < -0.39 is 23.6 Å². The van der Waals surface area contributed by atoms with E-state index in [0.29, 0.717) is 18.5 Å². The lowest BCUT2D eigenvalue weighted by Crippen LogP contribution is -2.31. The van der Waals surface area contributed by atoms with E-state index in [1.807, 2.05) is 6.92 Å². The van der Waals surface area contributed by atoms with E-state index in [-0.39, 0.29) is 29.2 Å². The van der Waals surface area contributed by atoms with E-state index in [9.17, 15) is 18.0 Å². The number of hydrogen-bond acceptors (Lipinski definition) is 5. The monoisotopic (exact) mass is 381 g/mol. The highest BCUT2D eigenvalue weighted by atomic mass is 19.4. The minimum Gasteiger partial charge on any atom is -0.463 e. The second-order valence-electron chi connectivity index (χ2n) is 5.97. The Hall–Kier alpha value is -2.77. The van der Waals surface area contributed by atoms with Crippen LogP contribution in [-0.2, 0) is 15.7 Å². The predicted molar refractivity (Wildman–Crippen MR) is 96.6 cm³/mol. The molecule has 27 heavy (non-hydrogen) atoms. The number of halogens is 3. The minimum atomic E-state index is -4.61. The molecule has 5 nitrogen and oxygen atoms in total. The van der Waals surface area contributed by atoms with Crippen molar-refractivity contribution in [2.75, 3.05) is 6.61 Å². The van der Waals surface area contributed by atoms with E-state index >= 15 is 0 Å². The van der Waals surface area contributed by atoms with Crippen molar-refractivity contribution in [3.05, 3.63) is 58.4 Å².